The molecule has 0 radical (unpaired) electrons. The third-order valence-corrected chi connectivity index (χ3v) is 6.74. The molecule has 0 aliphatic carbocycles. The lowest BCUT2D eigenvalue weighted by Gasteiger charge is -2.13. The number of hydrogen-bond donors (Lipinski definition) is 2. The summed E-state index contributed by atoms with van der Waals surface area (Å²) >= 11 is 6.75. The Morgan fingerprint density at radius 3 is 2.66 bits per heavy atom. The molecule has 0 fully saturated rings. The Morgan fingerprint density at radius 1 is 1.22 bits per heavy atom. The topological polar surface area (TPSA) is 132 Å². The number of pyridine rings is 1. The Kier molecular flexibility index (Phi) is 7.13. The molecule has 3 aromatic heterocycles. The monoisotopic (exact) mass is 567 g/mol. The van der Waals surface area contributed by atoms with Crippen molar-refractivity contribution in [2.75, 3.05) is 11.1 Å². The summed E-state index contributed by atoms with van der Waals surface area (Å²) in [5.41, 5.74) is 10.7. The molecular formula is C30H23ClFN7O2. The summed E-state index contributed by atoms with van der Waals surface area (Å²) in [6, 6.07) is 13.3. The number of nitrogens with one attached hydrogen (secondary N) is 1. The Balaban J connectivity index is 1.71. The van der Waals surface area contributed by atoms with Gasteiger partial charge < -0.3 is 20.4 Å². The van der Waals surface area contributed by atoms with Crippen molar-refractivity contribution >= 4 is 39.9 Å². The van der Waals surface area contributed by atoms with Gasteiger partial charge in [-0.1, -0.05) is 24.2 Å². The van der Waals surface area contributed by atoms with E-state index in [2.05, 4.69) is 32.9 Å². The van der Waals surface area contributed by atoms with Crippen LogP contribution in [0.2, 0.25) is 5.02 Å². The zero-order valence-corrected chi connectivity index (χ0v) is 23.0. The van der Waals surface area contributed by atoms with Crippen LogP contribution in [0, 0.1) is 24.1 Å². The van der Waals surface area contributed by atoms with Crippen molar-refractivity contribution in [3.63, 3.8) is 0 Å². The number of rotatable bonds is 6. The van der Waals surface area contributed by atoms with Crippen LogP contribution in [-0.4, -0.2) is 25.4 Å². The number of aryl methyl sites for hydroxylation is 2. The molecular weight excluding hydrogens is 545 g/mol. The molecule has 0 aliphatic heterocycles. The fourth-order valence-corrected chi connectivity index (χ4v) is 4.79. The van der Waals surface area contributed by atoms with E-state index in [-0.39, 0.29) is 29.0 Å². The van der Waals surface area contributed by atoms with Crippen LogP contribution in [0.5, 0.6) is 11.8 Å². The van der Waals surface area contributed by atoms with E-state index in [0.717, 1.165) is 0 Å². The van der Waals surface area contributed by atoms with Crippen molar-refractivity contribution in [1.82, 2.24) is 19.5 Å². The van der Waals surface area contributed by atoms with Gasteiger partial charge in [-0.15, -0.1) is 0 Å². The Labute approximate surface area is 239 Å². The molecule has 0 atom stereocenters. The van der Waals surface area contributed by atoms with Crippen LogP contribution >= 0.6 is 11.6 Å². The Hall–Kier alpha value is -5.27. The van der Waals surface area contributed by atoms with E-state index in [1.807, 2.05) is 0 Å². The first-order valence-electron chi connectivity index (χ1n) is 12.3. The van der Waals surface area contributed by atoms with E-state index in [4.69, 9.17) is 22.1 Å². The minimum absolute atomic E-state index is 0.0141. The molecule has 0 unspecified atom stereocenters. The molecule has 0 saturated carbocycles. The van der Waals surface area contributed by atoms with Crippen LogP contribution in [0.1, 0.15) is 18.2 Å². The van der Waals surface area contributed by atoms with Crippen molar-refractivity contribution in [2.24, 2.45) is 7.05 Å². The van der Waals surface area contributed by atoms with Gasteiger partial charge in [0.15, 0.2) is 11.6 Å². The first kappa shape index (κ1) is 27.3. The van der Waals surface area contributed by atoms with Crippen LogP contribution in [0.3, 0.4) is 0 Å². The predicted octanol–water partition coefficient (Wildman–Crippen LogP) is 6.56. The number of carbonyl (C=O) groups is 1. The van der Waals surface area contributed by atoms with Gasteiger partial charge in [0.1, 0.15) is 11.9 Å². The molecule has 5 aromatic rings. The minimum atomic E-state index is -0.664. The molecule has 1 amide bonds. The highest BCUT2D eigenvalue weighted by Crippen LogP contribution is 2.46. The van der Waals surface area contributed by atoms with Gasteiger partial charge in [-0.2, -0.15) is 5.26 Å². The van der Waals surface area contributed by atoms with Gasteiger partial charge in [0.05, 0.1) is 27.2 Å². The van der Waals surface area contributed by atoms with Gasteiger partial charge in [-0.3, -0.25) is 4.79 Å². The average Bonchev–Trinajstić information content (AvgIpc) is 3.24. The van der Waals surface area contributed by atoms with E-state index in [1.54, 1.807) is 55.8 Å². The van der Waals surface area contributed by atoms with Gasteiger partial charge >= 0.3 is 6.01 Å². The number of amides is 1. The second-order valence-corrected chi connectivity index (χ2v) is 9.74. The number of carbonyl (C=O) groups excluding carboxylic acids is 1. The summed E-state index contributed by atoms with van der Waals surface area (Å²) in [5.74, 6) is -0.917. The maximum absolute atomic E-state index is 15.5. The average molecular weight is 568 g/mol. The van der Waals surface area contributed by atoms with Gasteiger partial charge in [-0.05, 0) is 55.8 Å². The molecule has 0 saturated heterocycles. The van der Waals surface area contributed by atoms with E-state index in [0.29, 0.717) is 55.3 Å². The molecule has 0 bridgehead atoms. The lowest BCUT2D eigenvalue weighted by atomic mass is 9.97. The van der Waals surface area contributed by atoms with Crippen molar-refractivity contribution in [2.45, 2.75) is 13.8 Å². The number of nitriles is 1. The Bertz CT molecular complexity index is 1930. The van der Waals surface area contributed by atoms with Gasteiger partial charge in [0.2, 0.25) is 0 Å². The van der Waals surface area contributed by atoms with Crippen LogP contribution in [0.25, 0.3) is 33.3 Å². The molecule has 2 aromatic carbocycles. The molecule has 11 heteroatoms. The van der Waals surface area contributed by atoms with Crippen molar-refractivity contribution < 1.29 is 13.9 Å². The minimum Gasteiger partial charge on any atom is -0.421 e. The van der Waals surface area contributed by atoms with E-state index >= 15 is 4.39 Å². The largest absolute Gasteiger partial charge is 0.421 e. The fourth-order valence-electron chi connectivity index (χ4n) is 4.52. The maximum atomic E-state index is 15.5. The van der Waals surface area contributed by atoms with Crippen LogP contribution in [0.15, 0.2) is 67.0 Å². The number of fused-ring (bicyclic) bond motifs is 1. The molecule has 41 heavy (non-hydrogen) atoms. The molecule has 0 spiro atoms. The number of nitrogen functional groups attached to an aromatic ring is 1. The number of ether oxygens (including phenoxy) is 1. The number of nitrogens with zero attached hydrogens (tertiary/aromatic N) is 5. The fraction of sp³-hybridized carbons (Fsp3) is 0.100. The molecule has 204 valence electrons. The highest BCUT2D eigenvalue weighted by atomic mass is 35.5. The van der Waals surface area contributed by atoms with Crippen molar-refractivity contribution in [3.8, 4) is 40.2 Å². The first-order chi connectivity index (χ1) is 19.6. The van der Waals surface area contributed by atoms with Crippen LogP contribution in [-0.2, 0) is 11.8 Å². The summed E-state index contributed by atoms with van der Waals surface area (Å²) in [5, 5.41) is 13.4. The second kappa shape index (κ2) is 10.7. The van der Waals surface area contributed by atoms with Crippen molar-refractivity contribution in [3.05, 3.63) is 89.1 Å². The molecule has 3 heterocycles. The highest BCUT2D eigenvalue weighted by molar-refractivity contribution is 6.34. The lowest BCUT2D eigenvalue weighted by molar-refractivity contribution is -0.112. The summed E-state index contributed by atoms with van der Waals surface area (Å²) < 4.78 is 22.8. The summed E-state index contributed by atoms with van der Waals surface area (Å²) in [4.78, 5) is 24.5. The van der Waals surface area contributed by atoms with Crippen molar-refractivity contribution in [1.29, 1.82) is 5.26 Å². The van der Waals surface area contributed by atoms with Crippen LogP contribution in [0.4, 0.5) is 15.9 Å². The maximum Gasteiger partial charge on any atom is 0.322 e. The predicted molar refractivity (Wildman–Crippen MR) is 156 cm³/mol. The smallest absolute Gasteiger partial charge is 0.322 e. The quantitative estimate of drug-likeness (QED) is 0.222. The van der Waals surface area contributed by atoms with Gasteiger partial charge in [0, 0.05) is 47.5 Å². The van der Waals surface area contributed by atoms with Gasteiger partial charge in [0.25, 0.3) is 5.91 Å². The second-order valence-electron chi connectivity index (χ2n) is 9.33. The number of benzene rings is 2. The highest BCUT2D eigenvalue weighted by Gasteiger charge is 2.25. The van der Waals surface area contributed by atoms with E-state index in [9.17, 15) is 10.1 Å². The summed E-state index contributed by atoms with van der Waals surface area (Å²) in [7, 11) is 1.76. The van der Waals surface area contributed by atoms with E-state index in [1.165, 1.54) is 24.5 Å². The first-order valence-corrected chi connectivity index (χ1v) is 12.7. The standard InChI is InChI=1S/C30H23ClFN7O2/c1-15(2)29(40)38-19-6-7-20(21(31)12-19)27-24(25-26(39(27)4)18(13-33)14-36-28(25)34)17-5-8-23(22(32)11-17)41-30-35-10-9-16(3)37-30/h5-12,14H,1H2,2-4H3,(H2,34,36)(H,38,40). The third-order valence-electron chi connectivity index (χ3n) is 6.42. The molecule has 5 rings (SSSR count). The number of hydrogen-bond acceptors (Lipinski definition) is 7. The Morgan fingerprint density at radius 2 is 2.00 bits per heavy atom. The molecule has 0 aliphatic rings. The lowest BCUT2D eigenvalue weighted by Crippen LogP contribution is -2.11. The number of aromatic nitrogens is 4. The van der Waals surface area contributed by atoms with Crippen LogP contribution < -0.4 is 15.8 Å². The number of halogens is 2. The zero-order valence-electron chi connectivity index (χ0n) is 22.3. The summed E-state index contributed by atoms with van der Waals surface area (Å²) in [6.45, 7) is 7.02. The SMILES string of the molecule is C=C(C)C(=O)Nc1ccc(-c2c(-c3ccc(Oc4nccc(C)n4)c(F)c3)c3c(N)ncc(C#N)c3n2C)c(Cl)c1. The molecule has 3 N–H and O–H groups in total. The molecule has 9 nitrogen and oxygen atoms in total. The number of anilines is 2. The normalized spacial score (nSPS) is 10.8. The zero-order chi connectivity index (χ0) is 29.4. The number of nitrogens with two attached hydrogens (primary N) is 1. The van der Waals surface area contributed by atoms with E-state index < -0.39 is 5.82 Å². The van der Waals surface area contributed by atoms with Gasteiger partial charge in [-0.25, -0.2) is 19.3 Å². The summed E-state index contributed by atoms with van der Waals surface area (Å²) in [6.07, 6.45) is 2.91. The third kappa shape index (κ3) is 5.06.